The first-order chi connectivity index (χ1) is 4.20. The van der Waals surface area contributed by atoms with E-state index in [1.54, 1.807) is 0 Å². The van der Waals surface area contributed by atoms with Crippen molar-refractivity contribution in [2.45, 2.75) is 4.90 Å². The van der Waals surface area contributed by atoms with Crippen molar-refractivity contribution in [1.29, 1.82) is 0 Å². The molecule has 1 nitrogen and oxygen atoms in total. The lowest BCUT2D eigenvalue weighted by molar-refractivity contribution is 0.456. The number of rotatable bonds is 0. The van der Waals surface area contributed by atoms with Gasteiger partial charge in [-0.05, 0) is 12.1 Å². The van der Waals surface area contributed by atoms with Gasteiger partial charge < -0.3 is 5.11 Å². The second-order valence-electron chi connectivity index (χ2n) is 1.63. The molecular formula is C6H5FOS. The maximum atomic E-state index is 12.2. The minimum absolute atomic E-state index is 0.127. The largest absolute Gasteiger partial charge is 0.507 e. The van der Waals surface area contributed by atoms with Crippen LogP contribution in [-0.4, -0.2) is 5.11 Å². The Labute approximate surface area is 57.5 Å². The van der Waals surface area contributed by atoms with Gasteiger partial charge in [-0.1, -0.05) is 0 Å². The van der Waals surface area contributed by atoms with Gasteiger partial charge in [0, 0.05) is 11.0 Å². The Kier molecular flexibility index (Phi) is 1.62. The van der Waals surface area contributed by atoms with E-state index in [2.05, 4.69) is 12.6 Å². The van der Waals surface area contributed by atoms with Crippen molar-refractivity contribution >= 4 is 12.6 Å². The minimum atomic E-state index is -0.453. The molecule has 0 bridgehead atoms. The van der Waals surface area contributed by atoms with Crippen LogP contribution < -0.4 is 0 Å². The number of thiol groups is 1. The lowest BCUT2D eigenvalue weighted by atomic mass is 10.3. The summed E-state index contributed by atoms with van der Waals surface area (Å²) in [5.41, 5.74) is 0. The van der Waals surface area contributed by atoms with Gasteiger partial charge in [0.1, 0.15) is 11.6 Å². The highest BCUT2D eigenvalue weighted by Gasteiger charge is 1.95. The second kappa shape index (κ2) is 2.27. The van der Waals surface area contributed by atoms with Gasteiger partial charge in [-0.25, -0.2) is 4.39 Å². The molecular weight excluding hydrogens is 139 g/mol. The maximum Gasteiger partial charge on any atom is 0.131 e. The number of hydrogen-bond acceptors (Lipinski definition) is 2. The molecule has 0 heterocycles. The molecule has 0 aliphatic carbocycles. The Balaban J connectivity index is 3.17. The molecule has 48 valence electrons. The van der Waals surface area contributed by atoms with Crippen LogP contribution in [0.3, 0.4) is 0 Å². The number of phenols is 1. The van der Waals surface area contributed by atoms with Crippen LogP contribution in [0, 0.1) is 5.82 Å². The summed E-state index contributed by atoms with van der Waals surface area (Å²) in [7, 11) is 0. The predicted octanol–water partition coefficient (Wildman–Crippen LogP) is 1.82. The summed E-state index contributed by atoms with van der Waals surface area (Å²) in [6.45, 7) is 0. The quantitative estimate of drug-likeness (QED) is 0.532. The monoisotopic (exact) mass is 144 g/mol. The molecule has 0 unspecified atom stereocenters. The van der Waals surface area contributed by atoms with Crippen LogP contribution in [0.1, 0.15) is 0 Å². The van der Waals surface area contributed by atoms with Crippen molar-refractivity contribution in [1.82, 2.24) is 0 Å². The summed E-state index contributed by atoms with van der Waals surface area (Å²) in [4.78, 5) is 0.386. The molecule has 0 aliphatic heterocycles. The van der Waals surface area contributed by atoms with Crippen LogP contribution in [-0.2, 0) is 0 Å². The summed E-state index contributed by atoms with van der Waals surface area (Å²) >= 11 is 3.83. The smallest absolute Gasteiger partial charge is 0.131 e. The molecule has 0 saturated heterocycles. The standard InChI is InChI=1S/C6H5FOS/c7-4-1-2-6(9)5(8)3-4/h1-3,8-9H. The molecule has 0 radical (unpaired) electrons. The molecule has 0 atom stereocenters. The van der Waals surface area contributed by atoms with E-state index in [4.69, 9.17) is 5.11 Å². The van der Waals surface area contributed by atoms with Crippen molar-refractivity contribution in [2.75, 3.05) is 0 Å². The van der Waals surface area contributed by atoms with Crippen LogP contribution in [0.25, 0.3) is 0 Å². The highest BCUT2D eigenvalue weighted by Crippen LogP contribution is 2.20. The highest BCUT2D eigenvalue weighted by molar-refractivity contribution is 7.80. The lowest BCUT2D eigenvalue weighted by Crippen LogP contribution is -1.72. The second-order valence-corrected chi connectivity index (χ2v) is 2.11. The third-order valence-electron chi connectivity index (χ3n) is 0.937. The molecule has 1 N–H and O–H groups in total. The van der Waals surface area contributed by atoms with E-state index >= 15 is 0 Å². The van der Waals surface area contributed by atoms with E-state index in [1.807, 2.05) is 0 Å². The first-order valence-electron chi connectivity index (χ1n) is 2.37. The Bertz CT molecular complexity index is 224. The molecule has 0 fully saturated rings. The molecule has 1 rings (SSSR count). The first kappa shape index (κ1) is 6.42. The Morgan fingerprint density at radius 2 is 2.11 bits per heavy atom. The zero-order valence-corrected chi connectivity index (χ0v) is 5.40. The number of phenolic OH excluding ortho intramolecular Hbond substituents is 1. The Hall–Kier alpha value is -0.700. The fourth-order valence-corrected chi connectivity index (χ4v) is 0.636. The molecule has 3 heteroatoms. The van der Waals surface area contributed by atoms with E-state index in [1.165, 1.54) is 12.1 Å². The number of halogens is 1. The summed E-state index contributed by atoms with van der Waals surface area (Å²) in [6.07, 6.45) is 0. The van der Waals surface area contributed by atoms with Crippen LogP contribution in [0.5, 0.6) is 5.75 Å². The van der Waals surface area contributed by atoms with Crippen LogP contribution in [0.15, 0.2) is 23.1 Å². The van der Waals surface area contributed by atoms with E-state index in [0.29, 0.717) is 4.90 Å². The number of aromatic hydroxyl groups is 1. The van der Waals surface area contributed by atoms with E-state index in [9.17, 15) is 4.39 Å². The zero-order valence-electron chi connectivity index (χ0n) is 4.50. The summed E-state index contributed by atoms with van der Waals surface area (Å²) in [5.74, 6) is -0.580. The number of benzene rings is 1. The third kappa shape index (κ3) is 1.36. The van der Waals surface area contributed by atoms with Gasteiger partial charge in [0.05, 0.1) is 0 Å². The Morgan fingerprint density at radius 1 is 1.44 bits per heavy atom. The fourth-order valence-electron chi connectivity index (χ4n) is 0.497. The first-order valence-corrected chi connectivity index (χ1v) is 2.82. The predicted molar refractivity (Wildman–Crippen MR) is 35.3 cm³/mol. The van der Waals surface area contributed by atoms with Gasteiger partial charge in [0.25, 0.3) is 0 Å². The van der Waals surface area contributed by atoms with Crippen molar-refractivity contribution in [3.8, 4) is 5.75 Å². The van der Waals surface area contributed by atoms with Gasteiger partial charge in [-0.15, -0.1) is 12.6 Å². The van der Waals surface area contributed by atoms with Crippen molar-refractivity contribution in [2.24, 2.45) is 0 Å². The lowest BCUT2D eigenvalue weighted by Gasteiger charge is -1.93. The van der Waals surface area contributed by atoms with Gasteiger partial charge in [0.2, 0.25) is 0 Å². The zero-order chi connectivity index (χ0) is 6.85. The average Bonchev–Trinajstić information content (AvgIpc) is 1.80. The highest BCUT2D eigenvalue weighted by atomic mass is 32.1. The molecule has 9 heavy (non-hydrogen) atoms. The van der Waals surface area contributed by atoms with Crippen molar-refractivity contribution in [3.63, 3.8) is 0 Å². The molecule has 0 spiro atoms. The molecule has 0 amide bonds. The fraction of sp³-hybridized carbons (Fsp3) is 0. The van der Waals surface area contributed by atoms with Crippen LogP contribution in [0.4, 0.5) is 4.39 Å². The van der Waals surface area contributed by atoms with E-state index < -0.39 is 5.82 Å². The summed E-state index contributed by atoms with van der Waals surface area (Å²) in [6, 6.07) is 3.65. The average molecular weight is 144 g/mol. The van der Waals surface area contributed by atoms with Gasteiger partial charge in [-0.2, -0.15) is 0 Å². The van der Waals surface area contributed by atoms with Crippen LogP contribution >= 0.6 is 12.6 Å². The molecule has 1 aromatic carbocycles. The van der Waals surface area contributed by atoms with Gasteiger partial charge >= 0.3 is 0 Å². The van der Waals surface area contributed by atoms with Gasteiger partial charge in [-0.3, -0.25) is 0 Å². The molecule has 0 aromatic heterocycles. The normalized spacial score (nSPS) is 9.56. The topological polar surface area (TPSA) is 20.2 Å². The summed E-state index contributed by atoms with van der Waals surface area (Å²) < 4.78 is 12.2. The SMILES string of the molecule is Oc1cc(F)ccc1S. The van der Waals surface area contributed by atoms with Gasteiger partial charge in [0.15, 0.2) is 0 Å². The van der Waals surface area contributed by atoms with Crippen molar-refractivity contribution < 1.29 is 9.50 Å². The van der Waals surface area contributed by atoms with E-state index in [-0.39, 0.29) is 5.75 Å². The molecule has 1 aromatic rings. The maximum absolute atomic E-state index is 12.2. The van der Waals surface area contributed by atoms with E-state index in [0.717, 1.165) is 6.07 Å². The van der Waals surface area contributed by atoms with Crippen LogP contribution in [0.2, 0.25) is 0 Å². The number of hydrogen-bond donors (Lipinski definition) is 2. The molecule has 0 saturated carbocycles. The minimum Gasteiger partial charge on any atom is -0.507 e. The third-order valence-corrected chi connectivity index (χ3v) is 1.32. The Morgan fingerprint density at radius 3 is 2.56 bits per heavy atom. The van der Waals surface area contributed by atoms with Crippen molar-refractivity contribution in [3.05, 3.63) is 24.0 Å². The summed E-state index contributed by atoms with van der Waals surface area (Å²) in [5, 5.41) is 8.78. The molecule has 0 aliphatic rings.